The third-order valence-electron chi connectivity index (χ3n) is 3.47. The minimum absolute atomic E-state index is 0.0952. The number of aliphatic hydroxyl groups is 1. The maximum absolute atomic E-state index is 9.52. The van der Waals surface area contributed by atoms with Crippen molar-refractivity contribution in [3.8, 4) is 0 Å². The van der Waals surface area contributed by atoms with Crippen molar-refractivity contribution in [1.82, 2.24) is 0 Å². The van der Waals surface area contributed by atoms with Gasteiger partial charge in [-0.2, -0.15) is 0 Å². The van der Waals surface area contributed by atoms with Crippen LogP contribution < -0.4 is 0 Å². The van der Waals surface area contributed by atoms with Gasteiger partial charge in [-0.25, -0.2) is 0 Å². The van der Waals surface area contributed by atoms with Crippen LogP contribution in [-0.4, -0.2) is 49.8 Å². The van der Waals surface area contributed by atoms with Crippen molar-refractivity contribution >= 4 is 0 Å². The second-order valence-electron chi connectivity index (χ2n) is 4.65. The Morgan fingerprint density at radius 2 is 2.00 bits per heavy atom. The topological polar surface area (TPSA) is 47.9 Å². The normalized spacial score (nSPS) is 36.0. The van der Waals surface area contributed by atoms with Crippen molar-refractivity contribution in [3.05, 3.63) is 0 Å². The summed E-state index contributed by atoms with van der Waals surface area (Å²) < 4.78 is 16.6. The van der Waals surface area contributed by atoms with Crippen LogP contribution in [0.3, 0.4) is 0 Å². The Morgan fingerprint density at radius 3 is 2.62 bits per heavy atom. The van der Waals surface area contributed by atoms with E-state index in [9.17, 15) is 5.11 Å². The molecule has 16 heavy (non-hydrogen) atoms. The van der Waals surface area contributed by atoms with Gasteiger partial charge >= 0.3 is 0 Å². The average molecular weight is 230 g/mol. The summed E-state index contributed by atoms with van der Waals surface area (Å²) in [5.74, 6) is 0.619. The Hall–Kier alpha value is -0.160. The molecule has 0 aromatic carbocycles. The molecule has 1 saturated heterocycles. The van der Waals surface area contributed by atoms with E-state index in [2.05, 4.69) is 0 Å². The van der Waals surface area contributed by atoms with Crippen LogP contribution in [0.5, 0.6) is 0 Å². The van der Waals surface area contributed by atoms with Crippen LogP contribution in [0.1, 0.15) is 26.2 Å². The molecular formula is C12H22O4. The maximum atomic E-state index is 9.52. The second-order valence-corrected chi connectivity index (χ2v) is 4.65. The summed E-state index contributed by atoms with van der Waals surface area (Å²) in [5.41, 5.74) is 0. The summed E-state index contributed by atoms with van der Waals surface area (Å²) in [6.45, 7) is 5.08. The van der Waals surface area contributed by atoms with E-state index in [4.69, 9.17) is 14.2 Å². The van der Waals surface area contributed by atoms with Crippen LogP contribution in [0, 0.1) is 5.92 Å². The number of rotatable bonds is 5. The fourth-order valence-corrected chi connectivity index (χ4v) is 2.30. The summed E-state index contributed by atoms with van der Waals surface area (Å²) in [6, 6.07) is 0. The van der Waals surface area contributed by atoms with Gasteiger partial charge in [-0.1, -0.05) is 0 Å². The first-order valence-corrected chi connectivity index (χ1v) is 6.30. The highest BCUT2D eigenvalue weighted by atomic mass is 16.6. The van der Waals surface area contributed by atoms with Crippen molar-refractivity contribution in [2.45, 2.75) is 44.5 Å². The smallest absolute Gasteiger partial charge is 0.110 e. The first-order chi connectivity index (χ1) is 7.81. The second kappa shape index (κ2) is 5.96. The number of ether oxygens (including phenoxy) is 3. The zero-order chi connectivity index (χ0) is 11.4. The number of aliphatic hydroxyl groups excluding tert-OH is 1. The van der Waals surface area contributed by atoms with Crippen molar-refractivity contribution in [1.29, 1.82) is 0 Å². The molecule has 3 atom stereocenters. The minimum atomic E-state index is -0.334. The molecular weight excluding hydrogens is 208 g/mol. The van der Waals surface area contributed by atoms with E-state index in [1.165, 1.54) is 0 Å². The highest BCUT2D eigenvalue weighted by Crippen LogP contribution is 2.28. The van der Waals surface area contributed by atoms with Gasteiger partial charge in [-0.05, 0) is 25.7 Å². The van der Waals surface area contributed by atoms with Crippen LogP contribution in [0.4, 0.5) is 0 Å². The van der Waals surface area contributed by atoms with E-state index in [1.807, 2.05) is 6.92 Å². The Morgan fingerprint density at radius 1 is 1.25 bits per heavy atom. The predicted octanol–water partition coefficient (Wildman–Crippen LogP) is 0.968. The standard InChI is InChI=1S/C12H22O4/c1-2-15-12-10(13)7-11(12)16-8-9-3-5-14-6-4-9/h9-13H,2-8H2,1H3. The van der Waals surface area contributed by atoms with Crippen LogP contribution in [-0.2, 0) is 14.2 Å². The lowest BCUT2D eigenvalue weighted by atomic mass is 9.87. The maximum Gasteiger partial charge on any atom is 0.110 e. The first kappa shape index (κ1) is 12.3. The molecule has 94 valence electrons. The van der Waals surface area contributed by atoms with Crippen LogP contribution >= 0.6 is 0 Å². The first-order valence-electron chi connectivity index (χ1n) is 6.30. The summed E-state index contributed by atoms with van der Waals surface area (Å²) in [4.78, 5) is 0. The summed E-state index contributed by atoms with van der Waals surface area (Å²) in [7, 11) is 0. The zero-order valence-electron chi connectivity index (χ0n) is 9.93. The van der Waals surface area contributed by atoms with Gasteiger partial charge in [-0.3, -0.25) is 0 Å². The Labute approximate surface area is 96.9 Å². The van der Waals surface area contributed by atoms with Crippen molar-refractivity contribution in [2.24, 2.45) is 5.92 Å². The molecule has 0 amide bonds. The predicted molar refractivity (Wildman–Crippen MR) is 59.3 cm³/mol. The monoisotopic (exact) mass is 230 g/mol. The van der Waals surface area contributed by atoms with E-state index in [0.29, 0.717) is 18.9 Å². The Balaban J connectivity index is 1.65. The third-order valence-corrected chi connectivity index (χ3v) is 3.47. The van der Waals surface area contributed by atoms with Gasteiger partial charge < -0.3 is 19.3 Å². The van der Waals surface area contributed by atoms with Crippen molar-refractivity contribution < 1.29 is 19.3 Å². The minimum Gasteiger partial charge on any atom is -0.390 e. The summed E-state index contributed by atoms with van der Waals surface area (Å²) in [6.07, 6.45) is 2.55. The van der Waals surface area contributed by atoms with Crippen LogP contribution in [0.15, 0.2) is 0 Å². The van der Waals surface area contributed by atoms with E-state index < -0.39 is 0 Å². The molecule has 2 fully saturated rings. The van der Waals surface area contributed by atoms with Gasteiger partial charge in [0, 0.05) is 26.2 Å². The molecule has 1 aliphatic heterocycles. The molecule has 3 unspecified atom stereocenters. The number of hydrogen-bond donors (Lipinski definition) is 1. The molecule has 0 spiro atoms. The lowest BCUT2D eigenvalue weighted by Crippen LogP contribution is -2.54. The average Bonchev–Trinajstić information content (AvgIpc) is 2.32. The molecule has 2 rings (SSSR count). The van der Waals surface area contributed by atoms with E-state index >= 15 is 0 Å². The molecule has 4 nitrogen and oxygen atoms in total. The zero-order valence-corrected chi connectivity index (χ0v) is 9.93. The van der Waals surface area contributed by atoms with Crippen LogP contribution in [0.2, 0.25) is 0 Å². The quantitative estimate of drug-likeness (QED) is 0.764. The van der Waals surface area contributed by atoms with Gasteiger partial charge in [0.2, 0.25) is 0 Å². The van der Waals surface area contributed by atoms with Crippen molar-refractivity contribution in [2.75, 3.05) is 26.4 Å². The molecule has 4 heteroatoms. The van der Waals surface area contributed by atoms with Gasteiger partial charge in [0.25, 0.3) is 0 Å². The fraction of sp³-hybridized carbons (Fsp3) is 1.00. The van der Waals surface area contributed by atoms with E-state index in [0.717, 1.165) is 32.7 Å². The summed E-state index contributed by atoms with van der Waals surface area (Å²) >= 11 is 0. The lowest BCUT2D eigenvalue weighted by molar-refractivity contribution is -0.195. The van der Waals surface area contributed by atoms with Crippen LogP contribution in [0.25, 0.3) is 0 Å². The Bertz CT molecular complexity index is 203. The SMILES string of the molecule is CCOC1C(O)CC1OCC1CCOCC1. The third kappa shape index (κ3) is 2.94. The Kier molecular flexibility index (Phi) is 4.58. The van der Waals surface area contributed by atoms with E-state index in [-0.39, 0.29) is 18.3 Å². The molecule has 0 bridgehead atoms. The molecule has 1 saturated carbocycles. The largest absolute Gasteiger partial charge is 0.390 e. The molecule has 2 aliphatic rings. The molecule has 1 N–H and O–H groups in total. The highest BCUT2D eigenvalue weighted by molar-refractivity contribution is 4.92. The fourth-order valence-electron chi connectivity index (χ4n) is 2.30. The van der Waals surface area contributed by atoms with Gasteiger partial charge in [0.05, 0.1) is 18.8 Å². The molecule has 0 aromatic heterocycles. The van der Waals surface area contributed by atoms with Crippen molar-refractivity contribution in [3.63, 3.8) is 0 Å². The molecule has 1 heterocycles. The van der Waals surface area contributed by atoms with Gasteiger partial charge in [-0.15, -0.1) is 0 Å². The highest BCUT2D eigenvalue weighted by Gasteiger charge is 2.41. The lowest BCUT2D eigenvalue weighted by Gasteiger charge is -2.41. The summed E-state index contributed by atoms with van der Waals surface area (Å²) in [5, 5.41) is 9.52. The molecule has 0 aromatic rings. The molecule has 0 radical (unpaired) electrons. The van der Waals surface area contributed by atoms with Gasteiger partial charge in [0.1, 0.15) is 6.10 Å². The van der Waals surface area contributed by atoms with E-state index in [1.54, 1.807) is 0 Å². The van der Waals surface area contributed by atoms with Gasteiger partial charge in [0.15, 0.2) is 0 Å². The number of hydrogen-bond acceptors (Lipinski definition) is 4. The molecule has 1 aliphatic carbocycles.